The van der Waals surface area contributed by atoms with E-state index in [2.05, 4.69) is 15.3 Å². The highest BCUT2D eigenvalue weighted by Crippen LogP contribution is 2.16. The number of halogens is 1. The van der Waals surface area contributed by atoms with Crippen molar-refractivity contribution in [1.82, 2.24) is 9.97 Å². The fourth-order valence-electron chi connectivity index (χ4n) is 1.93. The third kappa shape index (κ3) is 3.82. The second kappa shape index (κ2) is 6.17. The number of rotatable bonds is 4. The smallest absolute Gasteiger partial charge is 0.134 e. The molecule has 0 aromatic carbocycles. The molecule has 1 N–H and O–H groups in total. The van der Waals surface area contributed by atoms with E-state index in [0.29, 0.717) is 11.1 Å². The molecule has 4 nitrogen and oxygen atoms in total. The average molecular weight is 256 g/mol. The van der Waals surface area contributed by atoms with Gasteiger partial charge in [0.25, 0.3) is 0 Å². The van der Waals surface area contributed by atoms with E-state index in [1.807, 2.05) is 6.92 Å². The van der Waals surface area contributed by atoms with E-state index >= 15 is 0 Å². The lowest BCUT2D eigenvalue weighted by Crippen LogP contribution is -2.24. The molecule has 1 unspecified atom stereocenters. The summed E-state index contributed by atoms with van der Waals surface area (Å²) in [6, 6.07) is 1.77. The van der Waals surface area contributed by atoms with Crippen LogP contribution in [0.25, 0.3) is 0 Å². The molecule has 0 aliphatic carbocycles. The molecular weight excluding hydrogens is 238 g/mol. The molecule has 0 radical (unpaired) electrons. The summed E-state index contributed by atoms with van der Waals surface area (Å²) in [4.78, 5) is 8.53. The van der Waals surface area contributed by atoms with Crippen molar-refractivity contribution in [3.63, 3.8) is 0 Å². The average Bonchev–Trinajstić information content (AvgIpc) is 2.37. The number of nitrogens with one attached hydrogen (secondary N) is 1. The Labute approximate surface area is 107 Å². The number of nitrogens with zero attached hydrogens (tertiary/aromatic N) is 2. The second-order valence-corrected chi connectivity index (χ2v) is 4.70. The molecule has 1 atom stereocenters. The van der Waals surface area contributed by atoms with Crippen LogP contribution in [-0.4, -0.2) is 29.7 Å². The van der Waals surface area contributed by atoms with Crippen molar-refractivity contribution in [3.05, 3.63) is 17.0 Å². The molecule has 1 aromatic heterocycles. The molecule has 1 saturated heterocycles. The lowest BCUT2D eigenvalue weighted by atomic mass is 10.0. The van der Waals surface area contributed by atoms with E-state index in [1.165, 1.54) is 6.42 Å². The minimum Gasteiger partial charge on any atom is -0.381 e. The van der Waals surface area contributed by atoms with Crippen molar-refractivity contribution in [2.75, 3.05) is 25.1 Å². The molecule has 1 aromatic rings. The number of hydrogen-bond acceptors (Lipinski definition) is 4. The van der Waals surface area contributed by atoms with Gasteiger partial charge in [-0.2, -0.15) is 0 Å². The van der Waals surface area contributed by atoms with Crippen LogP contribution < -0.4 is 5.32 Å². The summed E-state index contributed by atoms with van der Waals surface area (Å²) in [6.07, 6.45) is 3.16. The van der Waals surface area contributed by atoms with Gasteiger partial charge in [0.15, 0.2) is 0 Å². The predicted octanol–water partition coefficient (Wildman–Crippen LogP) is 2.53. The number of ether oxygens (including phenoxy) is 1. The van der Waals surface area contributed by atoms with E-state index in [0.717, 1.165) is 44.2 Å². The van der Waals surface area contributed by atoms with Gasteiger partial charge in [-0.1, -0.05) is 18.5 Å². The number of aromatic nitrogens is 2. The molecule has 2 heterocycles. The van der Waals surface area contributed by atoms with Gasteiger partial charge in [0.2, 0.25) is 0 Å². The Morgan fingerprint density at radius 2 is 2.41 bits per heavy atom. The largest absolute Gasteiger partial charge is 0.381 e. The Bertz CT molecular complexity index is 367. The summed E-state index contributed by atoms with van der Waals surface area (Å²) >= 11 is 5.93. The molecule has 5 heteroatoms. The van der Waals surface area contributed by atoms with Gasteiger partial charge in [0.05, 0.1) is 6.61 Å². The molecule has 1 aliphatic heterocycles. The topological polar surface area (TPSA) is 47.0 Å². The Morgan fingerprint density at radius 1 is 1.53 bits per heavy atom. The van der Waals surface area contributed by atoms with E-state index in [9.17, 15) is 0 Å². The zero-order valence-corrected chi connectivity index (χ0v) is 10.8. The fraction of sp³-hybridized carbons (Fsp3) is 0.667. The second-order valence-electron chi connectivity index (χ2n) is 4.31. The lowest BCUT2D eigenvalue weighted by molar-refractivity contribution is 0.0595. The maximum Gasteiger partial charge on any atom is 0.134 e. The van der Waals surface area contributed by atoms with Crippen LogP contribution in [0.1, 0.15) is 25.6 Å². The summed E-state index contributed by atoms with van der Waals surface area (Å²) < 4.78 is 5.44. The van der Waals surface area contributed by atoms with Crippen LogP contribution in [0.3, 0.4) is 0 Å². The van der Waals surface area contributed by atoms with Gasteiger partial charge in [0, 0.05) is 25.6 Å². The monoisotopic (exact) mass is 255 g/mol. The molecule has 1 aliphatic rings. The zero-order chi connectivity index (χ0) is 12.1. The Kier molecular flexibility index (Phi) is 4.57. The Morgan fingerprint density at radius 3 is 3.12 bits per heavy atom. The van der Waals surface area contributed by atoms with Crippen LogP contribution in [0.2, 0.25) is 5.15 Å². The van der Waals surface area contributed by atoms with E-state index in [1.54, 1.807) is 6.07 Å². The summed E-state index contributed by atoms with van der Waals surface area (Å²) in [6.45, 7) is 4.64. The quantitative estimate of drug-likeness (QED) is 0.840. The fourth-order valence-corrected chi connectivity index (χ4v) is 2.13. The van der Waals surface area contributed by atoms with E-state index < -0.39 is 0 Å². The minimum atomic E-state index is 0.499. The van der Waals surface area contributed by atoms with Crippen molar-refractivity contribution in [2.45, 2.75) is 26.2 Å². The van der Waals surface area contributed by atoms with Gasteiger partial charge in [-0.3, -0.25) is 0 Å². The van der Waals surface area contributed by atoms with Gasteiger partial charge in [-0.05, 0) is 18.8 Å². The molecule has 1 fully saturated rings. The van der Waals surface area contributed by atoms with Crippen LogP contribution in [0, 0.1) is 5.92 Å². The molecule has 0 spiro atoms. The highest BCUT2D eigenvalue weighted by atomic mass is 35.5. The van der Waals surface area contributed by atoms with Gasteiger partial charge in [0.1, 0.15) is 16.8 Å². The standard InChI is InChI=1S/C12H18ClN3O/c1-2-11-15-10(13)6-12(16-11)14-7-9-4-3-5-17-8-9/h6,9H,2-5,7-8H2,1H3,(H,14,15,16). The van der Waals surface area contributed by atoms with Crippen LogP contribution in [0.4, 0.5) is 5.82 Å². The molecule has 0 amide bonds. The van der Waals surface area contributed by atoms with E-state index in [4.69, 9.17) is 16.3 Å². The van der Waals surface area contributed by atoms with Crippen molar-refractivity contribution >= 4 is 17.4 Å². The number of aryl methyl sites for hydroxylation is 1. The molecule has 17 heavy (non-hydrogen) atoms. The predicted molar refractivity (Wildman–Crippen MR) is 68.5 cm³/mol. The first-order chi connectivity index (χ1) is 8.28. The molecule has 0 saturated carbocycles. The summed E-state index contributed by atoms with van der Waals surface area (Å²) in [7, 11) is 0. The van der Waals surface area contributed by atoms with Crippen LogP contribution in [0.5, 0.6) is 0 Å². The minimum absolute atomic E-state index is 0.499. The third-order valence-electron chi connectivity index (χ3n) is 2.88. The Balaban J connectivity index is 1.91. The molecule has 94 valence electrons. The molecule has 2 rings (SSSR count). The zero-order valence-electron chi connectivity index (χ0n) is 10.1. The highest BCUT2D eigenvalue weighted by molar-refractivity contribution is 6.29. The highest BCUT2D eigenvalue weighted by Gasteiger charge is 2.13. The number of anilines is 1. The maximum atomic E-state index is 5.93. The molecular formula is C12H18ClN3O. The summed E-state index contributed by atoms with van der Waals surface area (Å²) in [5.74, 6) is 2.16. The van der Waals surface area contributed by atoms with Crippen LogP contribution >= 0.6 is 11.6 Å². The number of hydrogen-bond donors (Lipinski definition) is 1. The van der Waals surface area contributed by atoms with E-state index in [-0.39, 0.29) is 0 Å². The van der Waals surface area contributed by atoms with Gasteiger partial charge >= 0.3 is 0 Å². The van der Waals surface area contributed by atoms with Gasteiger partial charge in [-0.25, -0.2) is 9.97 Å². The normalized spacial score (nSPS) is 20.2. The van der Waals surface area contributed by atoms with Crippen molar-refractivity contribution in [2.24, 2.45) is 5.92 Å². The first kappa shape index (κ1) is 12.6. The first-order valence-electron chi connectivity index (χ1n) is 6.13. The van der Waals surface area contributed by atoms with Crippen molar-refractivity contribution in [3.8, 4) is 0 Å². The van der Waals surface area contributed by atoms with Gasteiger partial charge < -0.3 is 10.1 Å². The lowest BCUT2D eigenvalue weighted by Gasteiger charge is -2.22. The summed E-state index contributed by atoms with van der Waals surface area (Å²) in [5, 5.41) is 3.81. The van der Waals surface area contributed by atoms with Gasteiger partial charge in [-0.15, -0.1) is 0 Å². The van der Waals surface area contributed by atoms with Crippen LogP contribution in [-0.2, 0) is 11.2 Å². The van der Waals surface area contributed by atoms with Crippen molar-refractivity contribution in [1.29, 1.82) is 0 Å². The van der Waals surface area contributed by atoms with Crippen LogP contribution in [0.15, 0.2) is 6.07 Å². The SMILES string of the molecule is CCc1nc(Cl)cc(NCC2CCCOC2)n1. The van der Waals surface area contributed by atoms with Crippen molar-refractivity contribution < 1.29 is 4.74 Å². The maximum absolute atomic E-state index is 5.93. The Hall–Kier alpha value is -0.870. The third-order valence-corrected chi connectivity index (χ3v) is 3.08. The first-order valence-corrected chi connectivity index (χ1v) is 6.51. The summed E-state index contributed by atoms with van der Waals surface area (Å²) in [5.41, 5.74) is 0. The molecule has 0 bridgehead atoms.